The third kappa shape index (κ3) is 2.81. The summed E-state index contributed by atoms with van der Waals surface area (Å²) in [4.78, 5) is 36.6. The van der Waals surface area contributed by atoms with E-state index in [1.54, 1.807) is 18.2 Å². The van der Waals surface area contributed by atoms with Crippen LogP contribution in [0.1, 0.15) is 19.8 Å². The predicted molar refractivity (Wildman–Crippen MR) is 90.3 cm³/mol. The smallest absolute Gasteiger partial charge is 0.310 e. The molecule has 3 fully saturated rings. The summed E-state index contributed by atoms with van der Waals surface area (Å²) in [6.45, 7) is 1.94. The Labute approximate surface area is 151 Å². The highest BCUT2D eigenvalue weighted by atomic mass is 16.6. The molecular formula is C19H21NO6. The molecule has 5 atom stereocenters. The number of hydrogen-bond acceptors (Lipinski definition) is 6. The molecule has 138 valence electrons. The molecule has 1 N–H and O–H groups in total. The first-order valence-corrected chi connectivity index (χ1v) is 8.97. The number of nitrogens with one attached hydrogen (secondary N) is 1. The number of benzene rings is 1. The van der Waals surface area contributed by atoms with Gasteiger partial charge in [-0.05, 0) is 37.8 Å². The molecule has 0 unspecified atom stereocenters. The molecule has 0 aromatic heterocycles. The second kappa shape index (κ2) is 6.63. The van der Waals surface area contributed by atoms with Gasteiger partial charge in [-0.15, -0.1) is 0 Å². The van der Waals surface area contributed by atoms with Crippen molar-refractivity contribution in [2.75, 3.05) is 18.5 Å². The molecule has 7 nitrogen and oxygen atoms in total. The summed E-state index contributed by atoms with van der Waals surface area (Å²) < 4.78 is 16.0. The van der Waals surface area contributed by atoms with Crippen LogP contribution < -0.4 is 10.1 Å². The first kappa shape index (κ1) is 16.9. The number of ether oxygens (including phenoxy) is 3. The summed E-state index contributed by atoms with van der Waals surface area (Å²) in [5.41, 5.74) is 0.525. The molecule has 1 aromatic carbocycles. The first-order valence-electron chi connectivity index (χ1n) is 8.97. The normalized spacial score (nSPS) is 30.8. The minimum absolute atomic E-state index is 0.0279. The van der Waals surface area contributed by atoms with Gasteiger partial charge in [0.25, 0.3) is 5.91 Å². The van der Waals surface area contributed by atoms with Crippen LogP contribution in [-0.2, 0) is 23.9 Å². The summed E-state index contributed by atoms with van der Waals surface area (Å²) in [5, 5.41) is 2.68. The van der Waals surface area contributed by atoms with E-state index in [0.29, 0.717) is 18.0 Å². The second-order valence-electron chi connectivity index (χ2n) is 7.01. The van der Waals surface area contributed by atoms with Gasteiger partial charge >= 0.3 is 11.9 Å². The van der Waals surface area contributed by atoms with Gasteiger partial charge in [-0.2, -0.15) is 0 Å². The van der Waals surface area contributed by atoms with Crippen LogP contribution >= 0.6 is 0 Å². The van der Waals surface area contributed by atoms with Crippen molar-refractivity contribution < 1.29 is 28.6 Å². The highest BCUT2D eigenvalue weighted by molar-refractivity contribution is 5.94. The molecule has 2 aliphatic carbocycles. The van der Waals surface area contributed by atoms with E-state index in [0.717, 1.165) is 12.8 Å². The number of anilines is 1. The van der Waals surface area contributed by atoms with Crippen LogP contribution in [0.4, 0.5) is 5.69 Å². The van der Waals surface area contributed by atoms with E-state index >= 15 is 0 Å². The summed E-state index contributed by atoms with van der Waals surface area (Å²) in [7, 11) is 0. The maximum Gasteiger partial charge on any atom is 0.310 e. The molecule has 4 rings (SSSR count). The fourth-order valence-electron chi connectivity index (χ4n) is 4.60. The van der Waals surface area contributed by atoms with E-state index in [9.17, 15) is 14.4 Å². The van der Waals surface area contributed by atoms with Crippen LogP contribution in [0, 0.1) is 23.7 Å². The average molecular weight is 359 g/mol. The highest BCUT2D eigenvalue weighted by Gasteiger charge is 2.64. The highest BCUT2D eigenvalue weighted by Crippen LogP contribution is 2.57. The van der Waals surface area contributed by atoms with E-state index in [1.807, 2.05) is 13.0 Å². The van der Waals surface area contributed by atoms with Gasteiger partial charge in [0.1, 0.15) is 11.9 Å². The molecule has 1 heterocycles. The van der Waals surface area contributed by atoms with Crippen molar-refractivity contribution in [2.24, 2.45) is 23.7 Å². The largest absolute Gasteiger partial charge is 0.492 e. The Bertz CT molecular complexity index is 745. The van der Waals surface area contributed by atoms with Crippen molar-refractivity contribution in [1.82, 2.24) is 0 Å². The molecule has 1 saturated heterocycles. The van der Waals surface area contributed by atoms with Crippen LogP contribution in [0.25, 0.3) is 0 Å². The van der Waals surface area contributed by atoms with Gasteiger partial charge < -0.3 is 19.5 Å². The fourth-order valence-corrected chi connectivity index (χ4v) is 4.60. The molecule has 3 aliphatic rings. The van der Waals surface area contributed by atoms with Crippen LogP contribution in [0.5, 0.6) is 5.75 Å². The van der Waals surface area contributed by atoms with Crippen molar-refractivity contribution in [1.29, 1.82) is 0 Å². The Kier molecular flexibility index (Phi) is 4.30. The Morgan fingerprint density at radius 2 is 2.08 bits per heavy atom. The molecule has 26 heavy (non-hydrogen) atoms. The lowest BCUT2D eigenvalue weighted by Crippen LogP contribution is -2.35. The number of hydrogen-bond donors (Lipinski definition) is 1. The van der Waals surface area contributed by atoms with Gasteiger partial charge in [-0.1, -0.05) is 12.1 Å². The van der Waals surface area contributed by atoms with Crippen LogP contribution in [0.15, 0.2) is 24.3 Å². The first-order chi connectivity index (χ1) is 12.6. The zero-order valence-corrected chi connectivity index (χ0v) is 14.5. The zero-order chi connectivity index (χ0) is 18.3. The lowest BCUT2D eigenvalue weighted by molar-refractivity contribution is -0.157. The Morgan fingerprint density at radius 1 is 1.27 bits per heavy atom. The number of amides is 1. The van der Waals surface area contributed by atoms with E-state index in [4.69, 9.17) is 14.2 Å². The summed E-state index contributed by atoms with van der Waals surface area (Å²) in [6, 6.07) is 7.06. The average Bonchev–Trinajstić information content (AvgIpc) is 3.24. The van der Waals surface area contributed by atoms with E-state index < -0.39 is 30.3 Å². The van der Waals surface area contributed by atoms with E-state index in [2.05, 4.69) is 5.32 Å². The van der Waals surface area contributed by atoms with Gasteiger partial charge in [0.15, 0.2) is 6.61 Å². The van der Waals surface area contributed by atoms with Gasteiger partial charge in [-0.25, -0.2) is 0 Å². The maximum absolute atomic E-state index is 12.5. The van der Waals surface area contributed by atoms with Crippen molar-refractivity contribution in [2.45, 2.75) is 25.9 Å². The predicted octanol–water partition coefficient (Wildman–Crippen LogP) is 1.76. The molecule has 1 amide bonds. The van der Waals surface area contributed by atoms with Gasteiger partial charge in [0, 0.05) is 5.92 Å². The number of rotatable bonds is 6. The number of carbonyl (C=O) groups excluding carboxylic acids is 3. The lowest BCUT2D eigenvalue weighted by Gasteiger charge is -2.22. The topological polar surface area (TPSA) is 90.9 Å². The molecule has 2 saturated carbocycles. The minimum Gasteiger partial charge on any atom is -0.492 e. The Morgan fingerprint density at radius 3 is 2.88 bits per heavy atom. The van der Waals surface area contributed by atoms with Crippen LogP contribution in [0.2, 0.25) is 0 Å². The Balaban J connectivity index is 1.34. The molecule has 1 aliphatic heterocycles. The summed E-state index contributed by atoms with van der Waals surface area (Å²) in [5.74, 6) is -1.27. The molecule has 2 bridgehead atoms. The molecular weight excluding hydrogens is 338 g/mol. The van der Waals surface area contributed by atoms with Crippen LogP contribution in [-0.4, -0.2) is 37.2 Å². The third-order valence-electron chi connectivity index (χ3n) is 5.56. The molecule has 1 aromatic rings. The van der Waals surface area contributed by atoms with Crippen molar-refractivity contribution in [3.63, 3.8) is 0 Å². The lowest BCUT2D eigenvalue weighted by atomic mass is 9.80. The number of esters is 2. The monoisotopic (exact) mass is 359 g/mol. The third-order valence-corrected chi connectivity index (χ3v) is 5.56. The quantitative estimate of drug-likeness (QED) is 0.779. The zero-order valence-electron chi connectivity index (χ0n) is 14.5. The summed E-state index contributed by atoms with van der Waals surface area (Å²) >= 11 is 0. The number of fused-ring (bicyclic) bond motifs is 1. The summed E-state index contributed by atoms with van der Waals surface area (Å²) in [6.07, 6.45) is 1.52. The van der Waals surface area contributed by atoms with Crippen molar-refractivity contribution in [3.05, 3.63) is 24.3 Å². The maximum atomic E-state index is 12.5. The number of carbonyl (C=O) groups is 3. The molecule has 0 spiro atoms. The van der Waals surface area contributed by atoms with Crippen molar-refractivity contribution >= 4 is 23.5 Å². The SMILES string of the molecule is CCOc1ccccc1NC(=O)COC(=O)[C@@H]1[C@@H]2C[C@@H]3[C@H]1C(=O)O[C@@H]3C2. The van der Waals surface area contributed by atoms with Crippen molar-refractivity contribution in [3.8, 4) is 5.75 Å². The van der Waals surface area contributed by atoms with Gasteiger partial charge in [0.2, 0.25) is 0 Å². The second-order valence-corrected chi connectivity index (χ2v) is 7.01. The van der Waals surface area contributed by atoms with Crippen LogP contribution in [0.3, 0.4) is 0 Å². The standard InChI is InChI=1S/C19H21NO6/c1-2-24-13-6-4-3-5-12(13)20-15(21)9-25-18(22)16-10-7-11-14(8-10)26-19(23)17(11)16/h3-6,10-11,14,16-17H,2,7-9H2,1H3,(H,20,21)/t10-,11+,14-,16-,17-/m1/s1. The Hall–Kier alpha value is -2.57. The number of para-hydroxylation sites is 2. The van der Waals surface area contributed by atoms with Gasteiger partial charge in [0.05, 0.1) is 24.1 Å². The van der Waals surface area contributed by atoms with Gasteiger partial charge in [-0.3, -0.25) is 14.4 Å². The van der Waals surface area contributed by atoms with E-state index in [1.165, 1.54) is 0 Å². The molecule has 0 radical (unpaired) electrons. The minimum atomic E-state index is -0.479. The molecule has 7 heteroatoms. The van der Waals surface area contributed by atoms with E-state index in [-0.39, 0.29) is 23.9 Å². The fraction of sp³-hybridized carbons (Fsp3) is 0.526.